The van der Waals surface area contributed by atoms with E-state index in [1.54, 1.807) is 30.3 Å². The second-order valence-electron chi connectivity index (χ2n) is 6.72. The molecule has 1 aliphatic rings. The lowest BCUT2D eigenvalue weighted by Crippen LogP contribution is -2.53. The minimum Gasteiger partial charge on any atom is -0.485 e. The van der Waals surface area contributed by atoms with E-state index in [0.717, 1.165) is 5.56 Å². The maximum absolute atomic E-state index is 12.7. The number of carbonyl (C=O) groups excluding carboxylic acids is 2. The number of non-ortho nitro benzene ring substituents is 1. The Morgan fingerprint density at radius 2 is 1.85 bits per heavy atom. The molecule has 33 heavy (non-hydrogen) atoms. The van der Waals surface area contributed by atoms with Crippen molar-refractivity contribution < 1.29 is 24.0 Å². The average molecular weight is 465 g/mol. The van der Waals surface area contributed by atoms with Crippen LogP contribution in [0.15, 0.2) is 73.5 Å². The number of nitrogens with zero attached hydrogens (tertiary/aromatic N) is 2. The average Bonchev–Trinajstić information content (AvgIpc) is 2.79. The SMILES string of the molecule is C=CCN1C(=O)C(=Cc2ccc(OCc3ccc([N+](=O)[O-])cc3)c(OC=C)c2)C(=O)NC1=S. The van der Waals surface area contributed by atoms with E-state index in [9.17, 15) is 19.7 Å². The summed E-state index contributed by atoms with van der Waals surface area (Å²) in [6, 6.07) is 10.8. The Balaban J connectivity index is 1.83. The standard InChI is InChI=1S/C23H19N3O6S/c1-3-11-25-22(28)18(21(27)24-23(25)33)12-16-7-10-19(20(13-16)31-4-2)32-14-15-5-8-17(9-6-15)26(29)30/h3-10,12-13H,1-2,11,14H2,(H,24,27,33). The number of amides is 2. The lowest BCUT2D eigenvalue weighted by Gasteiger charge is -2.27. The molecule has 0 atom stereocenters. The van der Waals surface area contributed by atoms with Gasteiger partial charge < -0.3 is 9.47 Å². The van der Waals surface area contributed by atoms with Gasteiger partial charge in [-0.2, -0.15) is 0 Å². The Morgan fingerprint density at radius 3 is 2.48 bits per heavy atom. The first kappa shape index (κ1) is 23.4. The maximum Gasteiger partial charge on any atom is 0.269 e. The van der Waals surface area contributed by atoms with Crippen LogP contribution < -0.4 is 14.8 Å². The van der Waals surface area contributed by atoms with E-state index in [1.165, 1.54) is 35.4 Å². The zero-order valence-electron chi connectivity index (χ0n) is 17.4. The summed E-state index contributed by atoms with van der Waals surface area (Å²) in [4.78, 5) is 36.5. The summed E-state index contributed by atoms with van der Waals surface area (Å²) in [6.07, 6.45) is 4.14. The fourth-order valence-corrected chi connectivity index (χ4v) is 3.20. The molecule has 0 unspecified atom stereocenters. The molecule has 0 aromatic heterocycles. The van der Waals surface area contributed by atoms with Crippen molar-refractivity contribution in [1.29, 1.82) is 0 Å². The molecule has 0 bridgehead atoms. The Bertz CT molecular complexity index is 1170. The van der Waals surface area contributed by atoms with Crippen molar-refractivity contribution in [3.8, 4) is 11.5 Å². The third-order valence-electron chi connectivity index (χ3n) is 4.53. The molecule has 1 heterocycles. The van der Waals surface area contributed by atoms with Crippen LogP contribution in [0.2, 0.25) is 0 Å². The number of hydrogen-bond donors (Lipinski definition) is 1. The van der Waals surface area contributed by atoms with Crippen LogP contribution >= 0.6 is 12.2 Å². The van der Waals surface area contributed by atoms with Crippen LogP contribution in [-0.4, -0.2) is 33.3 Å². The Kier molecular flexibility index (Phi) is 7.31. The van der Waals surface area contributed by atoms with Gasteiger partial charge in [0.2, 0.25) is 0 Å². The number of rotatable bonds is 9. The topological polar surface area (TPSA) is 111 Å². The quantitative estimate of drug-likeness (QED) is 0.115. The van der Waals surface area contributed by atoms with Crippen molar-refractivity contribution in [2.24, 2.45) is 0 Å². The molecule has 1 fully saturated rings. The summed E-state index contributed by atoms with van der Waals surface area (Å²) >= 11 is 5.04. The largest absolute Gasteiger partial charge is 0.485 e. The van der Waals surface area contributed by atoms with Crippen LogP contribution in [0, 0.1) is 10.1 Å². The molecule has 168 valence electrons. The molecule has 0 saturated carbocycles. The Hall–Kier alpha value is -4.31. The lowest BCUT2D eigenvalue weighted by molar-refractivity contribution is -0.384. The van der Waals surface area contributed by atoms with Crippen molar-refractivity contribution in [2.45, 2.75) is 6.61 Å². The van der Waals surface area contributed by atoms with Gasteiger partial charge in [-0.05, 0) is 53.7 Å². The first-order valence-electron chi connectivity index (χ1n) is 9.61. The number of nitrogens with one attached hydrogen (secondary N) is 1. The van der Waals surface area contributed by atoms with Crippen molar-refractivity contribution in [3.05, 3.63) is 94.8 Å². The smallest absolute Gasteiger partial charge is 0.269 e. The summed E-state index contributed by atoms with van der Waals surface area (Å²) in [5.41, 5.74) is 1.13. The van der Waals surface area contributed by atoms with Crippen molar-refractivity contribution in [3.63, 3.8) is 0 Å². The molecule has 1 saturated heterocycles. The van der Waals surface area contributed by atoms with Gasteiger partial charge in [-0.1, -0.05) is 18.7 Å². The number of nitro groups is 1. The number of thiocarbonyl (C=S) groups is 1. The monoisotopic (exact) mass is 465 g/mol. The van der Waals surface area contributed by atoms with Gasteiger partial charge in [-0.3, -0.25) is 29.9 Å². The predicted molar refractivity (Wildman–Crippen MR) is 125 cm³/mol. The molecule has 9 nitrogen and oxygen atoms in total. The number of ether oxygens (including phenoxy) is 2. The van der Waals surface area contributed by atoms with Gasteiger partial charge in [-0.15, -0.1) is 6.58 Å². The third-order valence-corrected chi connectivity index (χ3v) is 4.85. The summed E-state index contributed by atoms with van der Waals surface area (Å²) in [5, 5.41) is 13.3. The van der Waals surface area contributed by atoms with E-state index in [2.05, 4.69) is 18.5 Å². The van der Waals surface area contributed by atoms with Crippen molar-refractivity contribution >= 4 is 40.9 Å². The van der Waals surface area contributed by atoms with E-state index < -0.39 is 16.7 Å². The van der Waals surface area contributed by atoms with Gasteiger partial charge >= 0.3 is 0 Å². The molecule has 3 rings (SSSR count). The minimum atomic E-state index is -0.602. The van der Waals surface area contributed by atoms with Crippen molar-refractivity contribution in [2.75, 3.05) is 6.54 Å². The highest BCUT2D eigenvalue weighted by Gasteiger charge is 2.32. The van der Waals surface area contributed by atoms with E-state index >= 15 is 0 Å². The lowest BCUT2D eigenvalue weighted by atomic mass is 10.1. The second-order valence-corrected chi connectivity index (χ2v) is 7.11. The fraction of sp³-hybridized carbons (Fsp3) is 0.0870. The van der Waals surface area contributed by atoms with Crippen LogP contribution in [0.5, 0.6) is 11.5 Å². The highest BCUT2D eigenvalue weighted by Crippen LogP contribution is 2.31. The molecule has 2 amide bonds. The number of hydrogen-bond acceptors (Lipinski definition) is 7. The predicted octanol–water partition coefficient (Wildman–Crippen LogP) is 3.51. The van der Waals surface area contributed by atoms with Gasteiger partial charge in [-0.25, -0.2) is 0 Å². The summed E-state index contributed by atoms with van der Waals surface area (Å²) < 4.78 is 11.2. The molecule has 0 radical (unpaired) electrons. The van der Waals surface area contributed by atoms with Gasteiger partial charge in [0.25, 0.3) is 17.5 Å². The highest BCUT2D eigenvalue weighted by molar-refractivity contribution is 7.80. The molecule has 2 aromatic rings. The van der Waals surface area contributed by atoms with Crippen LogP contribution in [-0.2, 0) is 16.2 Å². The van der Waals surface area contributed by atoms with E-state index in [0.29, 0.717) is 17.1 Å². The molecule has 0 spiro atoms. The Morgan fingerprint density at radius 1 is 1.12 bits per heavy atom. The van der Waals surface area contributed by atoms with Gasteiger partial charge in [0.15, 0.2) is 16.6 Å². The summed E-state index contributed by atoms with van der Waals surface area (Å²) in [5.74, 6) is -0.448. The minimum absolute atomic E-state index is 0.0134. The first-order valence-corrected chi connectivity index (χ1v) is 10.0. The zero-order valence-corrected chi connectivity index (χ0v) is 18.2. The second kappa shape index (κ2) is 10.3. The van der Waals surface area contributed by atoms with Crippen LogP contribution in [0.3, 0.4) is 0 Å². The third kappa shape index (κ3) is 5.49. The van der Waals surface area contributed by atoms with Gasteiger partial charge in [0, 0.05) is 18.7 Å². The highest BCUT2D eigenvalue weighted by atomic mass is 32.1. The molecule has 2 aromatic carbocycles. The van der Waals surface area contributed by atoms with E-state index in [4.69, 9.17) is 21.7 Å². The number of nitro benzene ring substituents is 1. The van der Waals surface area contributed by atoms with Crippen LogP contribution in [0.1, 0.15) is 11.1 Å². The van der Waals surface area contributed by atoms with E-state index in [1.807, 2.05) is 0 Å². The zero-order chi connectivity index (χ0) is 24.0. The molecular formula is C23H19N3O6S. The fourth-order valence-electron chi connectivity index (χ4n) is 2.95. The number of benzene rings is 2. The van der Waals surface area contributed by atoms with E-state index in [-0.39, 0.29) is 29.5 Å². The molecule has 1 N–H and O–H groups in total. The maximum atomic E-state index is 12.7. The van der Waals surface area contributed by atoms with Crippen molar-refractivity contribution in [1.82, 2.24) is 10.2 Å². The summed E-state index contributed by atoms with van der Waals surface area (Å²) in [7, 11) is 0. The van der Waals surface area contributed by atoms with Gasteiger partial charge in [0.05, 0.1) is 11.2 Å². The molecule has 0 aliphatic carbocycles. The van der Waals surface area contributed by atoms with Crippen LogP contribution in [0.4, 0.5) is 5.69 Å². The summed E-state index contributed by atoms with van der Waals surface area (Å²) in [6.45, 7) is 7.44. The van der Waals surface area contributed by atoms with Crippen LogP contribution in [0.25, 0.3) is 6.08 Å². The Labute approximate surface area is 194 Å². The number of carbonyl (C=O) groups is 2. The molecule has 1 aliphatic heterocycles. The normalized spacial score (nSPS) is 14.6. The first-order chi connectivity index (χ1) is 15.8. The molecular weight excluding hydrogens is 446 g/mol. The van der Waals surface area contributed by atoms with Gasteiger partial charge in [0.1, 0.15) is 12.2 Å². The molecule has 10 heteroatoms.